The highest BCUT2D eigenvalue weighted by atomic mass is 16.5. The third-order valence-corrected chi connectivity index (χ3v) is 6.85. The molecule has 178 valence electrons. The summed E-state index contributed by atoms with van der Waals surface area (Å²) in [6, 6.07) is 14.2. The summed E-state index contributed by atoms with van der Waals surface area (Å²) in [5.41, 5.74) is 2.04. The summed E-state index contributed by atoms with van der Waals surface area (Å²) in [4.78, 5) is 11.4. The van der Waals surface area contributed by atoms with E-state index in [1.165, 1.54) is 25.9 Å². The number of likely N-dealkylation sites (tertiary alicyclic amines) is 1. The number of nitrogens with zero attached hydrogens (tertiary/aromatic N) is 7. The summed E-state index contributed by atoms with van der Waals surface area (Å²) in [6.45, 7) is 4.01. The second-order valence-corrected chi connectivity index (χ2v) is 9.28. The minimum absolute atomic E-state index is 0.0206. The molecule has 0 spiro atoms. The lowest BCUT2D eigenvalue weighted by Gasteiger charge is -2.43. The van der Waals surface area contributed by atoms with Crippen molar-refractivity contribution in [1.82, 2.24) is 24.6 Å². The molecule has 2 aliphatic rings. The normalized spacial score (nSPS) is 21.6. The van der Waals surface area contributed by atoms with E-state index in [1.807, 2.05) is 41.2 Å². The molecule has 3 aromatic rings. The van der Waals surface area contributed by atoms with Crippen molar-refractivity contribution in [2.24, 2.45) is 5.92 Å². The topological polar surface area (TPSA) is 116 Å². The van der Waals surface area contributed by atoms with Gasteiger partial charge in [0, 0.05) is 30.2 Å². The average molecular weight is 469 g/mol. The molecule has 0 atom stereocenters. The van der Waals surface area contributed by atoms with Gasteiger partial charge in [0.25, 0.3) is 0 Å². The Morgan fingerprint density at radius 1 is 1.11 bits per heavy atom. The number of benzene rings is 1. The van der Waals surface area contributed by atoms with E-state index in [-0.39, 0.29) is 5.92 Å². The molecule has 1 aliphatic heterocycles. The Labute approximate surface area is 205 Å². The predicted molar refractivity (Wildman–Crippen MR) is 131 cm³/mol. The van der Waals surface area contributed by atoms with Crippen LogP contribution in [0.4, 0.5) is 11.6 Å². The summed E-state index contributed by atoms with van der Waals surface area (Å²) in [5, 5.41) is 26.2. The summed E-state index contributed by atoms with van der Waals surface area (Å²) in [7, 11) is 0. The lowest BCUT2D eigenvalue weighted by Crippen LogP contribution is -2.46. The van der Waals surface area contributed by atoms with Gasteiger partial charge in [-0.3, -0.25) is 9.58 Å². The maximum Gasteiger partial charge on any atom is 0.227 e. The number of hydrogen-bond acceptors (Lipinski definition) is 8. The van der Waals surface area contributed by atoms with Crippen molar-refractivity contribution < 1.29 is 4.74 Å². The zero-order valence-electron chi connectivity index (χ0n) is 19.6. The van der Waals surface area contributed by atoms with Gasteiger partial charge in [0.1, 0.15) is 12.4 Å². The van der Waals surface area contributed by atoms with Gasteiger partial charge >= 0.3 is 0 Å². The fraction of sp³-hybridized carbons (Fsp3) is 0.423. The van der Waals surface area contributed by atoms with Gasteiger partial charge in [-0.1, -0.05) is 0 Å². The van der Waals surface area contributed by atoms with Crippen molar-refractivity contribution in [2.75, 3.05) is 31.6 Å². The highest BCUT2D eigenvalue weighted by Gasteiger charge is 2.46. The van der Waals surface area contributed by atoms with Crippen LogP contribution in [0.2, 0.25) is 0 Å². The molecule has 1 aliphatic carbocycles. The van der Waals surface area contributed by atoms with Crippen LogP contribution in [0.3, 0.4) is 0 Å². The van der Waals surface area contributed by atoms with Crippen LogP contribution in [-0.2, 0) is 5.54 Å². The Morgan fingerprint density at radius 3 is 2.66 bits per heavy atom. The van der Waals surface area contributed by atoms with Gasteiger partial charge < -0.3 is 10.1 Å². The van der Waals surface area contributed by atoms with Crippen molar-refractivity contribution in [3.63, 3.8) is 0 Å². The van der Waals surface area contributed by atoms with E-state index in [0.29, 0.717) is 31.8 Å². The summed E-state index contributed by atoms with van der Waals surface area (Å²) < 4.78 is 7.71. The molecule has 3 heterocycles. The number of rotatable bonds is 9. The quantitative estimate of drug-likeness (QED) is 0.499. The van der Waals surface area contributed by atoms with E-state index in [9.17, 15) is 5.26 Å². The molecule has 35 heavy (non-hydrogen) atoms. The van der Waals surface area contributed by atoms with Gasteiger partial charge in [-0.15, -0.1) is 0 Å². The molecular formula is C26H28N8O. The van der Waals surface area contributed by atoms with Gasteiger partial charge in [-0.05, 0) is 69.1 Å². The zero-order valence-corrected chi connectivity index (χ0v) is 19.6. The van der Waals surface area contributed by atoms with Crippen molar-refractivity contribution in [3.8, 4) is 29.1 Å². The Morgan fingerprint density at radius 2 is 1.91 bits per heavy atom. The minimum atomic E-state index is -0.403. The van der Waals surface area contributed by atoms with Gasteiger partial charge in [0.05, 0.1) is 41.9 Å². The number of hydrogen-bond donors (Lipinski definition) is 1. The Balaban J connectivity index is 1.21. The maximum atomic E-state index is 9.28. The Bertz CT molecular complexity index is 1230. The van der Waals surface area contributed by atoms with Gasteiger partial charge in [0.15, 0.2) is 0 Å². The van der Waals surface area contributed by atoms with E-state index >= 15 is 0 Å². The molecule has 0 radical (unpaired) electrons. The highest BCUT2D eigenvalue weighted by molar-refractivity contribution is 5.61. The van der Waals surface area contributed by atoms with Crippen LogP contribution >= 0.6 is 0 Å². The Hall–Kier alpha value is -3.95. The molecule has 9 heteroatoms. The second kappa shape index (κ2) is 10.1. The number of anilines is 2. The summed E-state index contributed by atoms with van der Waals surface area (Å²) in [5.74, 6) is 1.31. The summed E-state index contributed by atoms with van der Waals surface area (Å²) >= 11 is 0. The van der Waals surface area contributed by atoms with Gasteiger partial charge in [-0.25, -0.2) is 9.97 Å². The van der Waals surface area contributed by atoms with Crippen LogP contribution in [0.25, 0.3) is 11.3 Å². The molecule has 1 aromatic carbocycles. The molecule has 1 saturated carbocycles. The average Bonchev–Trinajstić information content (AvgIpc) is 3.55. The Kier molecular flexibility index (Phi) is 6.60. The number of ether oxygens (including phenoxy) is 1. The van der Waals surface area contributed by atoms with E-state index < -0.39 is 5.54 Å². The lowest BCUT2D eigenvalue weighted by molar-refractivity contribution is 0.0882. The molecule has 5 rings (SSSR count). The molecule has 2 fully saturated rings. The van der Waals surface area contributed by atoms with E-state index in [4.69, 9.17) is 10.00 Å². The van der Waals surface area contributed by atoms with E-state index in [2.05, 4.69) is 37.4 Å². The SMILES string of the molecule is N#CCC1(n2cc(-c3ccnc(Nc4ccc(OCCN5CCCC5)cc4)n3)cn2)CC(C#N)C1. The van der Waals surface area contributed by atoms with E-state index in [1.54, 1.807) is 12.4 Å². The predicted octanol–water partition coefficient (Wildman–Crippen LogP) is 4.10. The van der Waals surface area contributed by atoms with E-state index in [0.717, 1.165) is 29.2 Å². The zero-order chi connectivity index (χ0) is 24.1. The number of nitrogens with one attached hydrogen (secondary N) is 1. The largest absolute Gasteiger partial charge is 0.492 e. The van der Waals surface area contributed by atoms with Crippen molar-refractivity contribution in [1.29, 1.82) is 10.5 Å². The third kappa shape index (κ3) is 5.11. The first-order chi connectivity index (χ1) is 17.2. The fourth-order valence-corrected chi connectivity index (χ4v) is 4.86. The fourth-order valence-electron chi connectivity index (χ4n) is 4.86. The lowest BCUT2D eigenvalue weighted by atomic mass is 9.67. The molecule has 0 unspecified atom stereocenters. The third-order valence-electron chi connectivity index (χ3n) is 6.85. The van der Waals surface area contributed by atoms with Crippen LogP contribution in [0.5, 0.6) is 5.75 Å². The maximum absolute atomic E-state index is 9.28. The van der Waals surface area contributed by atoms with Crippen molar-refractivity contribution in [2.45, 2.75) is 37.6 Å². The number of nitriles is 2. The van der Waals surface area contributed by atoms with Gasteiger partial charge in [0.2, 0.25) is 5.95 Å². The van der Waals surface area contributed by atoms with Crippen LogP contribution < -0.4 is 10.1 Å². The first kappa shape index (κ1) is 22.8. The highest BCUT2D eigenvalue weighted by Crippen LogP contribution is 2.46. The van der Waals surface area contributed by atoms with Crippen LogP contribution in [0.1, 0.15) is 32.1 Å². The first-order valence-electron chi connectivity index (χ1n) is 12.0. The van der Waals surface area contributed by atoms with Gasteiger partial charge in [-0.2, -0.15) is 15.6 Å². The standard InChI is InChI=1S/C26H28N8O/c27-9-8-26(15-20(16-26)17-28)34-19-21(18-30-34)24-7-10-29-25(32-24)31-22-3-5-23(6-4-22)35-14-13-33-11-1-2-12-33/h3-7,10,18-20H,1-2,8,11-16H2,(H,29,31,32). The monoisotopic (exact) mass is 468 g/mol. The smallest absolute Gasteiger partial charge is 0.227 e. The number of aromatic nitrogens is 4. The van der Waals surface area contributed by atoms with Crippen LogP contribution in [-0.4, -0.2) is 50.9 Å². The molecule has 0 bridgehead atoms. The summed E-state index contributed by atoms with van der Waals surface area (Å²) in [6.07, 6.45) is 9.57. The molecule has 1 N–H and O–H groups in total. The van der Waals surface area contributed by atoms with Crippen LogP contribution in [0, 0.1) is 28.6 Å². The van der Waals surface area contributed by atoms with Crippen molar-refractivity contribution in [3.05, 3.63) is 48.9 Å². The molecule has 2 aromatic heterocycles. The first-order valence-corrected chi connectivity index (χ1v) is 12.0. The van der Waals surface area contributed by atoms with Crippen LogP contribution in [0.15, 0.2) is 48.9 Å². The second-order valence-electron chi connectivity index (χ2n) is 9.28. The molecular weight excluding hydrogens is 440 g/mol. The molecule has 1 saturated heterocycles. The molecule has 0 amide bonds. The molecule has 9 nitrogen and oxygen atoms in total. The van der Waals surface area contributed by atoms with Crippen molar-refractivity contribution >= 4 is 11.6 Å². The minimum Gasteiger partial charge on any atom is -0.492 e.